The lowest BCUT2D eigenvalue weighted by molar-refractivity contribution is -0.141. The second-order valence-corrected chi connectivity index (χ2v) is 4.73. The van der Waals surface area contributed by atoms with E-state index in [-0.39, 0.29) is 5.97 Å². The second kappa shape index (κ2) is 6.39. The molecule has 0 bridgehead atoms. The predicted octanol–water partition coefficient (Wildman–Crippen LogP) is 3.76. The Labute approximate surface area is 122 Å². The number of carbonyl (C=O) groups excluding carboxylic acids is 1. The van der Waals surface area contributed by atoms with E-state index in [2.05, 4.69) is 10.3 Å². The standard InChI is InChI=1S/C15H15ClN2O2/c1-10(15(19)20-2)12-7-6-11(9-13(12)16)18-14-5-3-4-8-17-14/h3-10H,1-2H3,(H,17,18)/t10-/m1/s1. The van der Waals surface area contributed by atoms with E-state index in [4.69, 9.17) is 16.3 Å². The van der Waals surface area contributed by atoms with Crippen LogP contribution in [0.5, 0.6) is 0 Å². The number of nitrogens with zero attached hydrogens (tertiary/aromatic N) is 1. The summed E-state index contributed by atoms with van der Waals surface area (Å²) in [5, 5.41) is 3.66. The molecule has 0 aliphatic heterocycles. The highest BCUT2D eigenvalue weighted by atomic mass is 35.5. The van der Waals surface area contributed by atoms with Crippen molar-refractivity contribution in [2.45, 2.75) is 12.8 Å². The molecule has 0 unspecified atom stereocenters. The van der Waals surface area contributed by atoms with Crippen molar-refractivity contribution in [3.63, 3.8) is 0 Å². The molecule has 4 nitrogen and oxygen atoms in total. The van der Waals surface area contributed by atoms with Crippen molar-refractivity contribution >= 4 is 29.1 Å². The summed E-state index contributed by atoms with van der Waals surface area (Å²) in [6.07, 6.45) is 1.71. The van der Waals surface area contributed by atoms with Gasteiger partial charge in [-0.05, 0) is 36.8 Å². The maximum Gasteiger partial charge on any atom is 0.312 e. The first-order chi connectivity index (χ1) is 9.61. The zero-order chi connectivity index (χ0) is 14.5. The van der Waals surface area contributed by atoms with Crippen molar-refractivity contribution in [2.75, 3.05) is 12.4 Å². The Morgan fingerprint density at radius 2 is 2.15 bits per heavy atom. The minimum absolute atomic E-state index is 0.308. The molecule has 1 aromatic carbocycles. The third-order valence-corrected chi connectivity index (χ3v) is 3.29. The highest BCUT2D eigenvalue weighted by Gasteiger charge is 2.18. The first-order valence-corrected chi connectivity index (χ1v) is 6.55. The molecule has 5 heteroatoms. The van der Waals surface area contributed by atoms with Gasteiger partial charge in [-0.1, -0.05) is 23.7 Å². The molecule has 2 rings (SSSR count). The van der Waals surface area contributed by atoms with Gasteiger partial charge in [0.15, 0.2) is 0 Å². The average molecular weight is 291 g/mol. The second-order valence-electron chi connectivity index (χ2n) is 4.32. The number of benzene rings is 1. The van der Waals surface area contributed by atoms with Gasteiger partial charge in [-0.2, -0.15) is 0 Å². The van der Waals surface area contributed by atoms with Crippen LogP contribution >= 0.6 is 11.6 Å². The van der Waals surface area contributed by atoms with Gasteiger partial charge in [-0.25, -0.2) is 4.98 Å². The first kappa shape index (κ1) is 14.3. The molecule has 1 N–H and O–H groups in total. The minimum Gasteiger partial charge on any atom is -0.469 e. The fourth-order valence-electron chi connectivity index (χ4n) is 1.84. The summed E-state index contributed by atoms with van der Waals surface area (Å²) >= 11 is 6.22. The van der Waals surface area contributed by atoms with Gasteiger partial charge in [0.1, 0.15) is 5.82 Å². The number of hydrogen-bond donors (Lipinski definition) is 1. The molecule has 0 saturated carbocycles. The molecule has 1 heterocycles. The number of ether oxygens (including phenoxy) is 1. The van der Waals surface area contributed by atoms with Crippen molar-refractivity contribution in [3.05, 3.63) is 53.2 Å². The molecule has 0 fully saturated rings. The predicted molar refractivity (Wildman–Crippen MR) is 79.4 cm³/mol. The van der Waals surface area contributed by atoms with E-state index in [0.29, 0.717) is 5.02 Å². The molecule has 0 spiro atoms. The topological polar surface area (TPSA) is 51.2 Å². The fraction of sp³-hybridized carbons (Fsp3) is 0.200. The van der Waals surface area contributed by atoms with Crippen molar-refractivity contribution in [1.82, 2.24) is 4.98 Å². The Morgan fingerprint density at radius 3 is 2.75 bits per heavy atom. The number of anilines is 2. The van der Waals surface area contributed by atoms with Gasteiger partial charge in [0.2, 0.25) is 0 Å². The lowest BCUT2D eigenvalue weighted by Crippen LogP contribution is -2.11. The Bertz CT molecular complexity index is 602. The number of pyridine rings is 1. The van der Waals surface area contributed by atoms with Crippen molar-refractivity contribution in [2.24, 2.45) is 0 Å². The van der Waals surface area contributed by atoms with Gasteiger partial charge >= 0.3 is 5.97 Å². The minimum atomic E-state index is -0.392. The van der Waals surface area contributed by atoms with Crippen molar-refractivity contribution in [3.8, 4) is 0 Å². The van der Waals surface area contributed by atoms with Gasteiger partial charge in [0.05, 0.1) is 13.0 Å². The van der Waals surface area contributed by atoms with Gasteiger partial charge in [0, 0.05) is 16.9 Å². The van der Waals surface area contributed by atoms with Gasteiger partial charge in [-0.3, -0.25) is 4.79 Å². The van der Waals surface area contributed by atoms with Crippen LogP contribution in [0.15, 0.2) is 42.6 Å². The quantitative estimate of drug-likeness (QED) is 0.871. The molecule has 104 valence electrons. The molecule has 20 heavy (non-hydrogen) atoms. The summed E-state index contributed by atoms with van der Waals surface area (Å²) in [5.41, 5.74) is 1.56. The number of rotatable bonds is 4. The third kappa shape index (κ3) is 3.27. The smallest absolute Gasteiger partial charge is 0.312 e. The highest BCUT2D eigenvalue weighted by molar-refractivity contribution is 6.32. The van der Waals surface area contributed by atoms with E-state index < -0.39 is 5.92 Å². The lowest BCUT2D eigenvalue weighted by atomic mass is 10.0. The lowest BCUT2D eigenvalue weighted by Gasteiger charge is -2.13. The van der Waals surface area contributed by atoms with Crippen LogP contribution in [0.3, 0.4) is 0 Å². The zero-order valence-corrected chi connectivity index (χ0v) is 12.0. The summed E-state index contributed by atoms with van der Waals surface area (Å²) in [6, 6.07) is 11.0. The summed E-state index contributed by atoms with van der Waals surface area (Å²) in [5.74, 6) is 0.0334. The van der Waals surface area contributed by atoms with E-state index >= 15 is 0 Å². The molecule has 0 radical (unpaired) electrons. The monoisotopic (exact) mass is 290 g/mol. The number of methoxy groups -OCH3 is 1. The number of aromatic nitrogens is 1. The van der Waals surface area contributed by atoms with Crippen LogP contribution in [0.1, 0.15) is 18.4 Å². The zero-order valence-electron chi connectivity index (χ0n) is 11.3. The van der Waals surface area contributed by atoms with Gasteiger partial charge in [-0.15, -0.1) is 0 Å². The Hall–Kier alpha value is -2.07. The summed E-state index contributed by atoms with van der Waals surface area (Å²) < 4.78 is 4.72. The number of esters is 1. The van der Waals surface area contributed by atoms with E-state index in [0.717, 1.165) is 17.1 Å². The van der Waals surface area contributed by atoms with Crippen LogP contribution in [0.4, 0.5) is 11.5 Å². The Morgan fingerprint density at radius 1 is 1.35 bits per heavy atom. The molecule has 0 amide bonds. The van der Waals surface area contributed by atoms with E-state index in [1.54, 1.807) is 19.2 Å². The molecule has 2 aromatic rings. The number of hydrogen-bond acceptors (Lipinski definition) is 4. The fourth-order valence-corrected chi connectivity index (χ4v) is 2.19. The van der Waals surface area contributed by atoms with Crippen LogP contribution in [0, 0.1) is 0 Å². The van der Waals surface area contributed by atoms with E-state index in [1.807, 2.05) is 30.3 Å². The van der Waals surface area contributed by atoms with Crippen LogP contribution in [-0.2, 0) is 9.53 Å². The maximum absolute atomic E-state index is 11.5. The summed E-state index contributed by atoms with van der Waals surface area (Å²) in [6.45, 7) is 1.76. The van der Waals surface area contributed by atoms with Gasteiger partial charge in [0.25, 0.3) is 0 Å². The molecule has 0 aliphatic carbocycles. The molecule has 1 atom stereocenters. The Kier molecular flexibility index (Phi) is 4.58. The number of nitrogens with one attached hydrogen (secondary N) is 1. The van der Waals surface area contributed by atoms with Crippen molar-refractivity contribution in [1.29, 1.82) is 0 Å². The first-order valence-electron chi connectivity index (χ1n) is 6.17. The normalized spacial score (nSPS) is 11.8. The van der Waals surface area contributed by atoms with Gasteiger partial charge < -0.3 is 10.1 Å². The molecule has 1 aromatic heterocycles. The summed E-state index contributed by atoms with van der Waals surface area (Å²) in [7, 11) is 1.36. The number of halogens is 1. The maximum atomic E-state index is 11.5. The van der Waals surface area contributed by atoms with Crippen LogP contribution in [0.25, 0.3) is 0 Å². The largest absolute Gasteiger partial charge is 0.469 e. The van der Waals surface area contributed by atoms with E-state index in [1.165, 1.54) is 7.11 Å². The van der Waals surface area contributed by atoms with Crippen LogP contribution in [-0.4, -0.2) is 18.1 Å². The Balaban J connectivity index is 2.20. The van der Waals surface area contributed by atoms with Crippen molar-refractivity contribution < 1.29 is 9.53 Å². The summed E-state index contributed by atoms with van der Waals surface area (Å²) in [4.78, 5) is 15.7. The number of carbonyl (C=O) groups is 1. The highest BCUT2D eigenvalue weighted by Crippen LogP contribution is 2.29. The molecular weight excluding hydrogens is 276 g/mol. The third-order valence-electron chi connectivity index (χ3n) is 2.96. The molecule has 0 saturated heterocycles. The van der Waals surface area contributed by atoms with E-state index in [9.17, 15) is 4.79 Å². The molecule has 0 aliphatic rings. The SMILES string of the molecule is COC(=O)[C@H](C)c1ccc(Nc2ccccn2)cc1Cl. The van der Waals surface area contributed by atoms with Crippen LogP contribution in [0.2, 0.25) is 5.02 Å². The van der Waals surface area contributed by atoms with Crippen LogP contribution < -0.4 is 5.32 Å². The average Bonchev–Trinajstić information content (AvgIpc) is 2.47. The molecular formula is C15H15ClN2O2.